The zero-order chi connectivity index (χ0) is 14.4. The van der Waals surface area contributed by atoms with Crippen LogP contribution in [0.2, 0.25) is 0 Å². The summed E-state index contributed by atoms with van der Waals surface area (Å²) in [5.41, 5.74) is 1.34. The molecule has 0 saturated carbocycles. The van der Waals surface area contributed by atoms with Crippen molar-refractivity contribution in [2.24, 2.45) is 0 Å². The number of rotatable bonds is 4. The third-order valence-electron chi connectivity index (χ3n) is 2.47. The molecule has 2 amide bonds. The van der Waals surface area contributed by atoms with Crippen LogP contribution in [0.15, 0.2) is 42.6 Å². The van der Waals surface area contributed by atoms with Crippen molar-refractivity contribution in [3.05, 3.63) is 48.4 Å². The molecule has 1 aromatic heterocycles. The van der Waals surface area contributed by atoms with E-state index in [4.69, 9.17) is 0 Å². The zero-order valence-electron chi connectivity index (χ0n) is 11.0. The smallest absolute Gasteiger partial charge is 0.320 e. The summed E-state index contributed by atoms with van der Waals surface area (Å²) in [5.74, 6) is -0.702. The van der Waals surface area contributed by atoms with Crippen LogP contribution in [-0.4, -0.2) is 17.6 Å². The molecule has 2 rings (SSSR count). The van der Waals surface area contributed by atoms with Crippen LogP contribution >= 0.6 is 0 Å². The van der Waals surface area contributed by atoms with Gasteiger partial charge in [-0.25, -0.2) is 14.2 Å². The lowest BCUT2D eigenvalue weighted by atomic mass is 10.3. The van der Waals surface area contributed by atoms with E-state index in [1.165, 1.54) is 12.3 Å². The molecular weight excluding hydrogens is 259 g/mol. The molecule has 0 radical (unpaired) electrons. The lowest BCUT2D eigenvalue weighted by Crippen LogP contribution is -2.29. The summed E-state index contributed by atoms with van der Waals surface area (Å²) in [7, 11) is 0. The average Bonchev–Trinajstić information content (AvgIpc) is 2.43. The molecule has 1 heterocycles. The van der Waals surface area contributed by atoms with Crippen LogP contribution in [0.3, 0.4) is 0 Å². The summed E-state index contributed by atoms with van der Waals surface area (Å²) in [6.07, 6.45) is 1.46. The van der Waals surface area contributed by atoms with Gasteiger partial charge in [0, 0.05) is 18.3 Å². The van der Waals surface area contributed by atoms with Crippen LogP contribution in [0.1, 0.15) is 6.92 Å². The fourth-order valence-electron chi connectivity index (χ4n) is 1.60. The number of benzene rings is 1. The highest BCUT2D eigenvalue weighted by Crippen LogP contribution is 2.19. The van der Waals surface area contributed by atoms with Crippen molar-refractivity contribution in [3.8, 4) is 0 Å². The number of carbonyl (C=O) groups is 1. The molecule has 104 valence electrons. The molecule has 6 heteroatoms. The van der Waals surface area contributed by atoms with Crippen molar-refractivity contribution in [2.45, 2.75) is 6.92 Å². The quantitative estimate of drug-likeness (QED) is 0.802. The molecule has 0 aliphatic heterocycles. The molecular formula is C14H15FN4O. The summed E-state index contributed by atoms with van der Waals surface area (Å²) in [5, 5.41) is 7.86. The molecule has 2 aromatic rings. The number of hydrogen-bond donors (Lipinski definition) is 3. The second-order valence-corrected chi connectivity index (χ2v) is 4.03. The summed E-state index contributed by atoms with van der Waals surface area (Å²) in [6, 6.07) is 10.2. The molecule has 0 bridgehead atoms. The predicted octanol–water partition coefficient (Wildman–Crippen LogP) is 3.11. The fourth-order valence-corrected chi connectivity index (χ4v) is 1.60. The van der Waals surface area contributed by atoms with E-state index < -0.39 is 11.8 Å². The zero-order valence-corrected chi connectivity index (χ0v) is 11.0. The molecule has 0 spiro atoms. The minimum Gasteiger partial charge on any atom is -0.354 e. The number of hydrogen-bond acceptors (Lipinski definition) is 3. The first kappa shape index (κ1) is 13.8. The lowest BCUT2D eigenvalue weighted by Gasteiger charge is -2.09. The monoisotopic (exact) mass is 274 g/mol. The van der Waals surface area contributed by atoms with Gasteiger partial charge < -0.3 is 10.6 Å². The first-order chi connectivity index (χ1) is 9.69. The summed E-state index contributed by atoms with van der Waals surface area (Å²) < 4.78 is 13.8. The van der Waals surface area contributed by atoms with E-state index in [1.807, 2.05) is 30.3 Å². The van der Waals surface area contributed by atoms with Crippen molar-refractivity contribution < 1.29 is 9.18 Å². The summed E-state index contributed by atoms with van der Waals surface area (Å²) in [4.78, 5) is 15.2. The van der Waals surface area contributed by atoms with Gasteiger partial charge in [0.1, 0.15) is 0 Å². The average molecular weight is 274 g/mol. The number of anilines is 3. The molecule has 5 nitrogen and oxygen atoms in total. The Kier molecular flexibility index (Phi) is 4.49. The molecule has 0 saturated heterocycles. The minimum atomic E-state index is -0.600. The van der Waals surface area contributed by atoms with Crippen LogP contribution in [-0.2, 0) is 0 Å². The Morgan fingerprint density at radius 1 is 1.25 bits per heavy atom. The third-order valence-corrected chi connectivity index (χ3v) is 2.47. The lowest BCUT2D eigenvalue weighted by molar-refractivity contribution is 0.252. The van der Waals surface area contributed by atoms with E-state index in [9.17, 15) is 9.18 Å². The Morgan fingerprint density at radius 2 is 2.00 bits per heavy atom. The van der Waals surface area contributed by atoms with Gasteiger partial charge >= 0.3 is 6.03 Å². The van der Waals surface area contributed by atoms with Gasteiger partial charge in [-0.2, -0.15) is 0 Å². The molecule has 0 aliphatic carbocycles. The number of nitrogens with one attached hydrogen (secondary N) is 3. The fraction of sp³-hybridized carbons (Fsp3) is 0.143. The van der Waals surface area contributed by atoms with Crippen molar-refractivity contribution >= 4 is 23.2 Å². The highest BCUT2D eigenvalue weighted by Gasteiger charge is 2.08. The maximum atomic E-state index is 13.8. The molecule has 0 unspecified atom stereocenters. The molecule has 0 fully saturated rings. The van der Waals surface area contributed by atoms with E-state index >= 15 is 0 Å². The second kappa shape index (κ2) is 6.51. The molecule has 20 heavy (non-hydrogen) atoms. The number of halogens is 1. The SMILES string of the molecule is CCNC(=O)Nc1ncc(Nc2ccccc2)cc1F. The van der Waals surface area contributed by atoms with E-state index in [0.29, 0.717) is 12.2 Å². The van der Waals surface area contributed by atoms with Gasteiger partial charge in [0.15, 0.2) is 11.6 Å². The van der Waals surface area contributed by atoms with Gasteiger partial charge in [0.25, 0.3) is 0 Å². The van der Waals surface area contributed by atoms with Crippen LogP contribution in [0, 0.1) is 5.82 Å². The highest BCUT2D eigenvalue weighted by atomic mass is 19.1. The standard InChI is InChI=1S/C14H15FN4O/c1-2-16-14(20)19-13-12(15)8-11(9-17-13)18-10-6-4-3-5-7-10/h3-9,18H,2H2,1H3,(H2,16,17,19,20). The van der Waals surface area contributed by atoms with Crippen molar-refractivity contribution in [3.63, 3.8) is 0 Å². The molecule has 0 atom stereocenters. The van der Waals surface area contributed by atoms with Crippen LogP contribution < -0.4 is 16.0 Å². The molecule has 1 aromatic carbocycles. The van der Waals surface area contributed by atoms with Gasteiger partial charge in [-0.15, -0.1) is 0 Å². The Hall–Kier alpha value is -2.63. The van der Waals surface area contributed by atoms with Crippen molar-refractivity contribution in [2.75, 3.05) is 17.2 Å². The van der Waals surface area contributed by atoms with E-state index in [-0.39, 0.29) is 5.82 Å². The first-order valence-corrected chi connectivity index (χ1v) is 6.21. The molecule has 0 aliphatic rings. The van der Waals surface area contributed by atoms with Crippen LogP contribution in [0.5, 0.6) is 0 Å². The van der Waals surface area contributed by atoms with Gasteiger partial charge in [-0.1, -0.05) is 18.2 Å². The van der Waals surface area contributed by atoms with E-state index in [1.54, 1.807) is 6.92 Å². The maximum Gasteiger partial charge on any atom is 0.320 e. The highest BCUT2D eigenvalue weighted by molar-refractivity contribution is 5.88. The van der Waals surface area contributed by atoms with Crippen molar-refractivity contribution in [1.82, 2.24) is 10.3 Å². The van der Waals surface area contributed by atoms with Gasteiger partial charge in [0.2, 0.25) is 0 Å². The van der Waals surface area contributed by atoms with Crippen molar-refractivity contribution in [1.29, 1.82) is 0 Å². The number of carbonyl (C=O) groups excluding carboxylic acids is 1. The number of amides is 2. The number of urea groups is 1. The van der Waals surface area contributed by atoms with E-state index in [0.717, 1.165) is 5.69 Å². The second-order valence-electron chi connectivity index (χ2n) is 4.03. The minimum absolute atomic E-state index is 0.102. The van der Waals surface area contributed by atoms with Crippen LogP contribution in [0.25, 0.3) is 0 Å². The van der Waals surface area contributed by atoms with Gasteiger partial charge in [-0.3, -0.25) is 5.32 Å². The number of pyridine rings is 1. The molecule has 3 N–H and O–H groups in total. The Bertz CT molecular complexity index is 589. The number of nitrogens with zero attached hydrogens (tertiary/aromatic N) is 1. The number of para-hydroxylation sites is 1. The predicted molar refractivity (Wildman–Crippen MR) is 76.6 cm³/mol. The number of aromatic nitrogens is 1. The first-order valence-electron chi connectivity index (χ1n) is 6.21. The summed E-state index contributed by atoms with van der Waals surface area (Å²) in [6.45, 7) is 2.23. The Labute approximate surface area is 116 Å². The maximum absolute atomic E-state index is 13.8. The van der Waals surface area contributed by atoms with Gasteiger partial charge in [-0.05, 0) is 19.1 Å². The third kappa shape index (κ3) is 3.68. The largest absolute Gasteiger partial charge is 0.354 e. The Balaban J connectivity index is 2.08. The van der Waals surface area contributed by atoms with Gasteiger partial charge in [0.05, 0.1) is 11.9 Å². The summed E-state index contributed by atoms with van der Waals surface area (Å²) >= 11 is 0. The topological polar surface area (TPSA) is 66.0 Å². The normalized spacial score (nSPS) is 9.90. The van der Waals surface area contributed by atoms with Crippen LogP contribution in [0.4, 0.5) is 26.4 Å². The Morgan fingerprint density at radius 3 is 2.65 bits per heavy atom. The van der Waals surface area contributed by atoms with E-state index in [2.05, 4.69) is 20.9 Å².